The average molecular weight is 275 g/mol. The molecule has 2 rings (SSSR count). The molecule has 0 bridgehead atoms. The normalized spacial score (nSPS) is 17.4. The number of hydrogen-bond acceptors (Lipinski definition) is 3. The van der Waals surface area contributed by atoms with E-state index in [1.165, 1.54) is 18.4 Å². The smallest absolute Gasteiger partial charge is 0.241 e. The molecular formula is C16H25N3O. The summed E-state index contributed by atoms with van der Waals surface area (Å²) in [7, 11) is 0. The molecule has 1 saturated heterocycles. The molecule has 1 atom stereocenters. The van der Waals surface area contributed by atoms with Crippen molar-refractivity contribution >= 4 is 11.6 Å². The molecule has 0 aromatic heterocycles. The Balaban J connectivity index is 2.05. The van der Waals surface area contributed by atoms with Crippen molar-refractivity contribution in [1.82, 2.24) is 4.90 Å². The number of carbonyl (C=O) groups excluding carboxylic acids is 1. The lowest BCUT2D eigenvalue weighted by Gasteiger charge is -2.20. The molecular weight excluding hydrogens is 250 g/mol. The first-order chi connectivity index (χ1) is 9.58. The van der Waals surface area contributed by atoms with Gasteiger partial charge in [0, 0.05) is 12.2 Å². The molecule has 0 spiro atoms. The predicted octanol–water partition coefficient (Wildman–Crippen LogP) is 2.20. The number of carbonyl (C=O) groups is 1. The summed E-state index contributed by atoms with van der Waals surface area (Å²) >= 11 is 0. The number of hydrogen-bond donors (Lipinski definition) is 2. The van der Waals surface area contributed by atoms with Crippen molar-refractivity contribution in [2.75, 3.05) is 18.4 Å². The van der Waals surface area contributed by atoms with Crippen LogP contribution in [-0.2, 0) is 11.3 Å². The largest absolute Gasteiger partial charge is 0.324 e. The number of anilines is 1. The van der Waals surface area contributed by atoms with Gasteiger partial charge in [0.1, 0.15) is 0 Å². The van der Waals surface area contributed by atoms with E-state index in [1.807, 2.05) is 32.0 Å². The number of nitrogens with zero attached hydrogens (tertiary/aromatic N) is 1. The third-order valence-electron chi connectivity index (χ3n) is 3.89. The van der Waals surface area contributed by atoms with E-state index in [4.69, 9.17) is 5.73 Å². The van der Waals surface area contributed by atoms with E-state index in [0.29, 0.717) is 0 Å². The van der Waals surface area contributed by atoms with Gasteiger partial charge in [0.25, 0.3) is 0 Å². The molecule has 4 heteroatoms. The molecule has 1 fully saturated rings. The molecule has 20 heavy (non-hydrogen) atoms. The molecule has 1 amide bonds. The van der Waals surface area contributed by atoms with Crippen LogP contribution in [0.2, 0.25) is 0 Å². The van der Waals surface area contributed by atoms with E-state index in [0.717, 1.165) is 25.3 Å². The van der Waals surface area contributed by atoms with Gasteiger partial charge in [0.2, 0.25) is 5.91 Å². The van der Waals surface area contributed by atoms with Crippen molar-refractivity contribution in [3.8, 4) is 0 Å². The Morgan fingerprint density at radius 2 is 1.95 bits per heavy atom. The number of rotatable bonds is 5. The van der Waals surface area contributed by atoms with Crippen LogP contribution in [0.4, 0.5) is 5.69 Å². The summed E-state index contributed by atoms with van der Waals surface area (Å²) < 4.78 is 0. The Hall–Kier alpha value is -1.39. The molecule has 0 radical (unpaired) electrons. The first-order valence-corrected chi connectivity index (χ1v) is 7.44. The fraction of sp³-hybridized carbons (Fsp3) is 0.562. The Morgan fingerprint density at radius 1 is 1.30 bits per heavy atom. The fourth-order valence-corrected chi connectivity index (χ4v) is 2.48. The molecule has 0 saturated carbocycles. The monoisotopic (exact) mass is 275 g/mol. The van der Waals surface area contributed by atoms with Gasteiger partial charge >= 0.3 is 0 Å². The van der Waals surface area contributed by atoms with E-state index < -0.39 is 6.04 Å². The minimum absolute atomic E-state index is 0.103. The lowest BCUT2D eigenvalue weighted by molar-refractivity contribution is -0.118. The Labute approximate surface area is 121 Å². The zero-order valence-corrected chi connectivity index (χ0v) is 12.4. The minimum atomic E-state index is -0.463. The van der Waals surface area contributed by atoms with Gasteiger partial charge in [-0.2, -0.15) is 0 Å². The highest BCUT2D eigenvalue weighted by atomic mass is 16.2. The van der Waals surface area contributed by atoms with Crippen molar-refractivity contribution in [2.45, 2.75) is 39.3 Å². The van der Waals surface area contributed by atoms with E-state index in [-0.39, 0.29) is 11.8 Å². The number of nitrogens with one attached hydrogen (secondary N) is 1. The highest BCUT2D eigenvalue weighted by Gasteiger charge is 2.19. The minimum Gasteiger partial charge on any atom is -0.324 e. The number of benzene rings is 1. The van der Waals surface area contributed by atoms with Crippen LogP contribution >= 0.6 is 0 Å². The maximum absolute atomic E-state index is 12.1. The quantitative estimate of drug-likeness (QED) is 0.866. The van der Waals surface area contributed by atoms with Gasteiger partial charge in [0.05, 0.1) is 6.04 Å². The van der Waals surface area contributed by atoms with Crippen LogP contribution in [0.3, 0.4) is 0 Å². The van der Waals surface area contributed by atoms with Gasteiger partial charge in [-0.3, -0.25) is 9.69 Å². The predicted molar refractivity (Wildman–Crippen MR) is 82.4 cm³/mol. The number of likely N-dealkylation sites (tertiary alicyclic amines) is 1. The van der Waals surface area contributed by atoms with Gasteiger partial charge in [-0.25, -0.2) is 0 Å². The van der Waals surface area contributed by atoms with Crippen LogP contribution in [0.1, 0.15) is 32.3 Å². The number of para-hydroxylation sites is 1. The number of amides is 1. The second-order valence-corrected chi connectivity index (χ2v) is 5.90. The van der Waals surface area contributed by atoms with E-state index in [2.05, 4.69) is 16.3 Å². The Morgan fingerprint density at radius 3 is 2.60 bits per heavy atom. The van der Waals surface area contributed by atoms with Crippen LogP contribution < -0.4 is 11.1 Å². The highest BCUT2D eigenvalue weighted by Crippen LogP contribution is 2.20. The third-order valence-corrected chi connectivity index (χ3v) is 3.89. The fourth-order valence-electron chi connectivity index (χ4n) is 2.48. The van der Waals surface area contributed by atoms with Crippen LogP contribution in [0.25, 0.3) is 0 Å². The molecule has 1 aliphatic heterocycles. The summed E-state index contributed by atoms with van der Waals surface area (Å²) in [6.07, 6.45) is 2.54. The summed E-state index contributed by atoms with van der Waals surface area (Å²) in [6.45, 7) is 7.11. The van der Waals surface area contributed by atoms with Gasteiger partial charge in [0.15, 0.2) is 0 Å². The molecule has 0 aliphatic carbocycles. The second kappa shape index (κ2) is 6.86. The number of nitrogens with two attached hydrogens (primary N) is 1. The van der Waals surface area contributed by atoms with Gasteiger partial charge in [-0.15, -0.1) is 0 Å². The zero-order valence-electron chi connectivity index (χ0n) is 12.4. The van der Waals surface area contributed by atoms with E-state index >= 15 is 0 Å². The zero-order chi connectivity index (χ0) is 14.5. The van der Waals surface area contributed by atoms with Crippen LogP contribution in [-0.4, -0.2) is 29.9 Å². The highest BCUT2D eigenvalue weighted by molar-refractivity contribution is 5.95. The van der Waals surface area contributed by atoms with Gasteiger partial charge in [-0.05, 0) is 43.5 Å². The summed E-state index contributed by atoms with van der Waals surface area (Å²) in [4.78, 5) is 14.5. The second-order valence-electron chi connectivity index (χ2n) is 5.90. The summed E-state index contributed by atoms with van der Waals surface area (Å²) in [6, 6.07) is 7.54. The first-order valence-electron chi connectivity index (χ1n) is 7.44. The van der Waals surface area contributed by atoms with Crippen LogP contribution in [0.5, 0.6) is 0 Å². The summed E-state index contributed by atoms with van der Waals surface area (Å²) in [5.74, 6) is 0.0367. The molecule has 0 unspecified atom stereocenters. The Bertz CT molecular complexity index is 453. The molecule has 3 N–H and O–H groups in total. The molecule has 1 aromatic carbocycles. The standard InChI is InChI=1S/C16H25N3O/c1-12(2)15(17)16(20)18-14-8-4-3-7-13(14)11-19-9-5-6-10-19/h3-4,7-8,12,15H,5-6,9-11,17H2,1-2H3,(H,18,20)/t15-/m0/s1. The maximum atomic E-state index is 12.1. The molecule has 1 heterocycles. The van der Waals surface area contributed by atoms with Crippen LogP contribution in [0.15, 0.2) is 24.3 Å². The maximum Gasteiger partial charge on any atom is 0.241 e. The summed E-state index contributed by atoms with van der Waals surface area (Å²) in [5, 5.41) is 2.97. The molecule has 4 nitrogen and oxygen atoms in total. The van der Waals surface area contributed by atoms with E-state index in [1.54, 1.807) is 0 Å². The average Bonchev–Trinajstić information content (AvgIpc) is 2.92. The topological polar surface area (TPSA) is 58.4 Å². The third kappa shape index (κ3) is 3.81. The lowest BCUT2D eigenvalue weighted by atomic mass is 10.0. The molecule has 1 aromatic rings. The summed E-state index contributed by atoms with van der Waals surface area (Å²) in [5.41, 5.74) is 7.95. The van der Waals surface area contributed by atoms with Crippen molar-refractivity contribution < 1.29 is 4.79 Å². The van der Waals surface area contributed by atoms with Crippen molar-refractivity contribution in [1.29, 1.82) is 0 Å². The molecule has 1 aliphatic rings. The van der Waals surface area contributed by atoms with Crippen molar-refractivity contribution in [3.05, 3.63) is 29.8 Å². The Kier molecular flexibility index (Phi) is 5.15. The SMILES string of the molecule is CC(C)[C@H](N)C(=O)Nc1ccccc1CN1CCCC1. The van der Waals surface area contributed by atoms with Crippen molar-refractivity contribution in [2.24, 2.45) is 11.7 Å². The van der Waals surface area contributed by atoms with Gasteiger partial charge in [-0.1, -0.05) is 32.0 Å². The van der Waals surface area contributed by atoms with Crippen molar-refractivity contribution in [3.63, 3.8) is 0 Å². The lowest BCUT2D eigenvalue weighted by Crippen LogP contribution is -2.40. The van der Waals surface area contributed by atoms with Crippen LogP contribution in [0, 0.1) is 5.92 Å². The van der Waals surface area contributed by atoms with Gasteiger partial charge < -0.3 is 11.1 Å². The van der Waals surface area contributed by atoms with E-state index in [9.17, 15) is 4.79 Å². The molecule has 110 valence electrons. The first kappa shape index (κ1) is 15.0.